The molecule has 1 aromatic rings. The van der Waals surface area contributed by atoms with Crippen molar-refractivity contribution in [2.75, 3.05) is 13.2 Å². The van der Waals surface area contributed by atoms with Crippen LogP contribution in [-0.4, -0.2) is 65.2 Å². The zero-order valence-electron chi connectivity index (χ0n) is 16.7. The van der Waals surface area contributed by atoms with Crippen LogP contribution >= 0.6 is 0 Å². The van der Waals surface area contributed by atoms with Crippen LogP contribution in [0.4, 0.5) is 0 Å². The molecule has 9 heteroatoms. The second-order valence-electron chi connectivity index (χ2n) is 6.98. The van der Waals surface area contributed by atoms with Gasteiger partial charge in [0.1, 0.15) is 5.82 Å². The fraction of sp³-hybridized carbons (Fsp3) is 0.632. The molecular weight excluding hydrogens is 359 g/mol. The number of likely N-dealkylation sites (tertiary alicyclic amines) is 1. The normalized spacial score (nSPS) is 20.4. The zero-order chi connectivity index (χ0) is 20.5. The minimum absolute atomic E-state index is 0.0498. The number of aliphatic imine (C=N–C) groups is 1. The van der Waals surface area contributed by atoms with Crippen molar-refractivity contribution in [2.24, 2.45) is 4.99 Å². The van der Waals surface area contributed by atoms with E-state index in [1.807, 2.05) is 13.8 Å². The van der Waals surface area contributed by atoms with Crippen LogP contribution in [0.3, 0.4) is 0 Å². The Kier molecular flexibility index (Phi) is 8.41. The van der Waals surface area contributed by atoms with Crippen molar-refractivity contribution in [3.63, 3.8) is 0 Å². The molecule has 2 heterocycles. The van der Waals surface area contributed by atoms with Crippen LogP contribution in [-0.2, 0) is 19.0 Å². The molecule has 0 unspecified atom stereocenters. The van der Waals surface area contributed by atoms with Crippen molar-refractivity contribution in [3.8, 4) is 0 Å². The summed E-state index contributed by atoms with van der Waals surface area (Å²) in [5.74, 6) is 0.321. The SMILES string of the molecule is CCOC(=O)C[C@H](CCCN1C(=O)[C@@H](N=CB=O)C[C@H]1C)c1cnc(C)nc1. The standard InChI is InChI=1S/C19H27BN4O4/c1-4-28-18(25)9-15(16-10-21-14(3)22-11-16)6-5-7-24-13(2)8-17(19(24)26)23-12-20-27/h10-13,15,17H,4-9H2,1-3H3/t13-,15+,17+/m1/s1. The Morgan fingerprint density at radius 2 is 2.18 bits per heavy atom. The van der Waals surface area contributed by atoms with Gasteiger partial charge >= 0.3 is 139 Å². The van der Waals surface area contributed by atoms with E-state index in [9.17, 15) is 14.3 Å². The summed E-state index contributed by atoms with van der Waals surface area (Å²) in [6.45, 7) is 6.51. The van der Waals surface area contributed by atoms with Crippen LogP contribution in [0.25, 0.3) is 0 Å². The van der Waals surface area contributed by atoms with E-state index in [1.54, 1.807) is 24.2 Å². The van der Waals surface area contributed by atoms with Gasteiger partial charge in [-0.25, -0.2) is 0 Å². The fourth-order valence-electron chi connectivity index (χ4n) is 3.48. The van der Waals surface area contributed by atoms with Crippen molar-refractivity contribution < 1.29 is 19.0 Å². The van der Waals surface area contributed by atoms with E-state index >= 15 is 0 Å². The maximum absolute atomic E-state index is 12.5. The molecule has 150 valence electrons. The van der Waals surface area contributed by atoms with E-state index in [0.717, 1.165) is 18.1 Å². The van der Waals surface area contributed by atoms with Crippen molar-refractivity contribution in [1.82, 2.24) is 14.9 Å². The van der Waals surface area contributed by atoms with Crippen molar-refractivity contribution in [2.45, 2.75) is 64.5 Å². The molecule has 0 spiro atoms. The number of rotatable bonds is 10. The summed E-state index contributed by atoms with van der Waals surface area (Å²) in [7, 11) is 0.588. The number of carbonyl (C=O) groups is 2. The molecule has 8 nitrogen and oxygen atoms in total. The monoisotopic (exact) mass is 386 g/mol. The Morgan fingerprint density at radius 1 is 1.46 bits per heavy atom. The van der Waals surface area contributed by atoms with Crippen molar-refractivity contribution in [1.29, 1.82) is 0 Å². The van der Waals surface area contributed by atoms with E-state index in [2.05, 4.69) is 15.0 Å². The number of aromatic nitrogens is 2. The Morgan fingerprint density at radius 3 is 2.82 bits per heavy atom. The molecule has 1 aromatic heterocycles. The molecule has 2 rings (SSSR count). The Bertz CT molecular complexity index is 710. The minimum atomic E-state index is -0.471. The van der Waals surface area contributed by atoms with Crippen LogP contribution in [0.2, 0.25) is 0 Å². The van der Waals surface area contributed by atoms with Gasteiger partial charge < -0.3 is 0 Å². The van der Waals surface area contributed by atoms with Gasteiger partial charge in [-0.2, -0.15) is 0 Å². The summed E-state index contributed by atoms with van der Waals surface area (Å²) < 4.78 is 15.5. The number of nitrogens with zero attached hydrogens (tertiary/aromatic N) is 4. The summed E-state index contributed by atoms with van der Waals surface area (Å²) in [6, 6.07) is -0.395. The average molecular weight is 386 g/mol. The number of hydrogen-bond donors (Lipinski definition) is 0. The third-order valence-electron chi connectivity index (χ3n) is 4.93. The molecule has 1 fully saturated rings. The van der Waals surface area contributed by atoms with Gasteiger partial charge in [0.05, 0.1) is 6.61 Å². The summed E-state index contributed by atoms with van der Waals surface area (Å²) in [6.07, 6.45) is 6.96. The van der Waals surface area contributed by atoms with Crippen LogP contribution in [0, 0.1) is 6.92 Å². The van der Waals surface area contributed by atoms with Gasteiger partial charge in [0.2, 0.25) is 0 Å². The number of aryl methyl sites for hydroxylation is 1. The number of hydrogen-bond acceptors (Lipinski definition) is 7. The molecule has 0 N–H and O–H groups in total. The maximum atomic E-state index is 12.5. The molecule has 0 aliphatic carbocycles. The first kappa shape index (κ1) is 21.9. The summed E-state index contributed by atoms with van der Waals surface area (Å²) in [4.78, 5) is 38.7. The second-order valence-corrected chi connectivity index (χ2v) is 6.98. The first-order chi connectivity index (χ1) is 13.5. The summed E-state index contributed by atoms with van der Waals surface area (Å²) >= 11 is 0. The van der Waals surface area contributed by atoms with Gasteiger partial charge in [0.15, 0.2) is 0 Å². The van der Waals surface area contributed by atoms with Crippen LogP contribution in [0.15, 0.2) is 17.4 Å². The summed E-state index contributed by atoms with van der Waals surface area (Å²) in [5.41, 5.74) is 0.896. The Hall–Kier alpha value is -2.45. The van der Waals surface area contributed by atoms with Gasteiger partial charge in [0, 0.05) is 0 Å². The topological polar surface area (TPSA) is 102 Å². The fourth-order valence-corrected chi connectivity index (χ4v) is 3.48. The third kappa shape index (κ3) is 6.04. The number of esters is 1. The van der Waals surface area contributed by atoms with Gasteiger partial charge in [0.25, 0.3) is 0 Å². The molecule has 1 aliphatic rings. The molecule has 0 radical (unpaired) electrons. The van der Waals surface area contributed by atoms with Crippen LogP contribution < -0.4 is 0 Å². The van der Waals surface area contributed by atoms with Crippen molar-refractivity contribution >= 4 is 25.1 Å². The third-order valence-corrected chi connectivity index (χ3v) is 4.93. The first-order valence-electron chi connectivity index (χ1n) is 9.67. The molecule has 1 amide bonds. The predicted molar refractivity (Wildman–Crippen MR) is 105 cm³/mol. The molecule has 0 saturated carbocycles. The van der Waals surface area contributed by atoms with Gasteiger partial charge in [-0.15, -0.1) is 0 Å². The second kappa shape index (κ2) is 10.8. The van der Waals surface area contributed by atoms with Gasteiger partial charge in [-0.05, 0) is 13.8 Å². The zero-order valence-corrected chi connectivity index (χ0v) is 16.7. The van der Waals surface area contributed by atoms with Crippen molar-refractivity contribution in [3.05, 3.63) is 23.8 Å². The molecule has 28 heavy (non-hydrogen) atoms. The Labute approximate surface area is 166 Å². The molecular formula is C19H27BN4O4. The quantitative estimate of drug-likeness (QED) is 0.344. The van der Waals surface area contributed by atoms with Gasteiger partial charge in [-0.3, -0.25) is 0 Å². The molecule has 3 atom stereocenters. The van der Waals surface area contributed by atoms with E-state index in [4.69, 9.17) is 4.74 Å². The number of carbonyl (C=O) groups excluding carboxylic acids is 2. The molecule has 0 bridgehead atoms. The van der Waals surface area contributed by atoms with E-state index in [-0.39, 0.29) is 30.3 Å². The first-order valence-corrected chi connectivity index (χ1v) is 9.67. The predicted octanol–water partition coefficient (Wildman–Crippen LogP) is 1.67. The number of amides is 1. The number of ether oxygens (including phenoxy) is 1. The average Bonchev–Trinajstić information content (AvgIpc) is 2.93. The van der Waals surface area contributed by atoms with Crippen LogP contribution in [0.5, 0.6) is 0 Å². The Balaban J connectivity index is 1.97. The van der Waals surface area contributed by atoms with E-state index < -0.39 is 6.04 Å². The molecule has 1 saturated heterocycles. The summed E-state index contributed by atoms with van der Waals surface area (Å²) in [5, 5.41) is 0. The van der Waals surface area contributed by atoms with Gasteiger partial charge in [-0.1, -0.05) is 0 Å². The van der Waals surface area contributed by atoms with E-state index in [0.29, 0.717) is 39.0 Å². The van der Waals surface area contributed by atoms with Crippen LogP contribution in [0.1, 0.15) is 56.8 Å². The van der Waals surface area contributed by atoms with E-state index in [1.165, 1.54) is 0 Å². The molecule has 1 aliphatic heterocycles. The molecule has 0 aromatic carbocycles.